The van der Waals surface area contributed by atoms with E-state index in [1.54, 1.807) is 7.11 Å². The molecule has 0 aromatic heterocycles. The van der Waals surface area contributed by atoms with Crippen molar-refractivity contribution in [3.8, 4) is 0 Å². The Morgan fingerprint density at radius 1 is 1.21 bits per heavy atom. The Kier molecular flexibility index (Phi) is 5.19. The Balaban J connectivity index is 2.15. The number of rotatable bonds is 6. The van der Waals surface area contributed by atoms with Crippen LogP contribution in [0.2, 0.25) is 0 Å². The molecule has 78 valence electrons. The first-order chi connectivity index (χ1) is 6.83. The molecule has 1 N–H and O–H groups in total. The summed E-state index contributed by atoms with van der Waals surface area (Å²) in [5.74, 6) is -0.180. The van der Waals surface area contributed by atoms with Crippen molar-refractivity contribution < 1.29 is 9.13 Å². The molecule has 0 bridgehead atoms. The monoisotopic (exact) mass is 197 g/mol. The Labute approximate surface area is 84.1 Å². The van der Waals surface area contributed by atoms with Crippen LogP contribution >= 0.6 is 0 Å². The van der Waals surface area contributed by atoms with Crippen LogP contribution in [0.3, 0.4) is 0 Å². The van der Waals surface area contributed by atoms with Gasteiger partial charge >= 0.3 is 0 Å². The molecule has 0 heterocycles. The zero-order valence-electron chi connectivity index (χ0n) is 8.42. The molecule has 0 radical (unpaired) electrons. The van der Waals surface area contributed by atoms with Crippen LogP contribution in [-0.2, 0) is 11.2 Å². The van der Waals surface area contributed by atoms with Gasteiger partial charge in [-0.15, -0.1) is 0 Å². The summed E-state index contributed by atoms with van der Waals surface area (Å²) in [6.45, 7) is 2.48. The quantitative estimate of drug-likeness (QED) is 0.699. The lowest BCUT2D eigenvalue weighted by Crippen LogP contribution is -2.21. The van der Waals surface area contributed by atoms with Gasteiger partial charge in [0.25, 0.3) is 0 Å². The van der Waals surface area contributed by atoms with Crippen molar-refractivity contribution in [1.82, 2.24) is 5.32 Å². The van der Waals surface area contributed by atoms with Crippen LogP contribution in [0.15, 0.2) is 24.3 Å². The predicted octanol–water partition coefficient (Wildman–Crippen LogP) is 1.60. The SMILES string of the molecule is COCCNCCc1ccc(F)cc1. The zero-order valence-corrected chi connectivity index (χ0v) is 8.42. The summed E-state index contributed by atoms with van der Waals surface area (Å²) in [4.78, 5) is 0. The molecular weight excluding hydrogens is 181 g/mol. The van der Waals surface area contributed by atoms with Crippen molar-refractivity contribution in [2.45, 2.75) is 6.42 Å². The topological polar surface area (TPSA) is 21.3 Å². The third kappa shape index (κ3) is 4.35. The van der Waals surface area contributed by atoms with Crippen molar-refractivity contribution in [1.29, 1.82) is 0 Å². The summed E-state index contributed by atoms with van der Waals surface area (Å²) in [6.07, 6.45) is 0.921. The van der Waals surface area contributed by atoms with Gasteiger partial charge in [-0.1, -0.05) is 12.1 Å². The average Bonchev–Trinajstić information content (AvgIpc) is 2.21. The van der Waals surface area contributed by atoms with Crippen LogP contribution in [0.5, 0.6) is 0 Å². The molecule has 0 aliphatic heterocycles. The molecule has 0 aliphatic rings. The highest BCUT2D eigenvalue weighted by atomic mass is 19.1. The molecular formula is C11H16FNO. The summed E-state index contributed by atoms with van der Waals surface area (Å²) in [5.41, 5.74) is 1.15. The minimum absolute atomic E-state index is 0.180. The first-order valence-corrected chi connectivity index (χ1v) is 4.77. The maximum absolute atomic E-state index is 12.5. The summed E-state index contributed by atoms with van der Waals surface area (Å²) >= 11 is 0. The van der Waals surface area contributed by atoms with Gasteiger partial charge < -0.3 is 10.1 Å². The lowest BCUT2D eigenvalue weighted by atomic mass is 10.1. The van der Waals surface area contributed by atoms with Gasteiger partial charge in [0.15, 0.2) is 0 Å². The van der Waals surface area contributed by atoms with Gasteiger partial charge in [-0.05, 0) is 30.7 Å². The molecule has 1 aromatic carbocycles. The van der Waals surface area contributed by atoms with Gasteiger partial charge in [-0.25, -0.2) is 4.39 Å². The largest absolute Gasteiger partial charge is 0.383 e. The highest BCUT2D eigenvalue weighted by Gasteiger charge is 1.93. The van der Waals surface area contributed by atoms with Crippen LogP contribution in [0.25, 0.3) is 0 Å². The second-order valence-corrected chi connectivity index (χ2v) is 3.12. The van der Waals surface area contributed by atoms with Crippen LogP contribution in [0.1, 0.15) is 5.56 Å². The summed E-state index contributed by atoms with van der Waals surface area (Å²) in [5, 5.41) is 3.23. The fourth-order valence-electron chi connectivity index (χ4n) is 1.18. The van der Waals surface area contributed by atoms with E-state index in [1.165, 1.54) is 12.1 Å². The van der Waals surface area contributed by atoms with E-state index >= 15 is 0 Å². The normalized spacial score (nSPS) is 10.4. The third-order valence-corrected chi connectivity index (χ3v) is 1.99. The Bertz CT molecular complexity index is 248. The molecule has 3 heteroatoms. The average molecular weight is 197 g/mol. The maximum atomic E-state index is 12.5. The molecule has 0 spiro atoms. The molecule has 1 aromatic rings. The van der Waals surface area contributed by atoms with E-state index < -0.39 is 0 Å². The molecule has 0 saturated heterocycles. The van der Waals surface area contributed by atoms with Crippen molar-refractivity contribution in [3.63, 3.8) is 0 Å². The molecule has 0 unspecified atom stereocenters. The lowest BCUT2D eigenvalue weighted by Gasteiger charge is -2.03. The Morgan fingerprint density at radius 3 is 2.57 bits per heavy atom. The van der Waals surface area contributed by atoms with E-state index in [1.807, 2.05) is 12.1 Å². The molecule has 0 saturated carbocycles. The number of halogens is 1. The molecule has 0 fully saturated rings. The van der Waals surface area contributed by atoms with Gasteiger partial charge in [0.1, 0.15) is 5.82 Å². The van der Waals surface area contributed by atoms with Crippen LogP contribution in [0, 0.1) is 5.82 Å². The Hall–Kier alpha value is -0.930. The van der Waals surface area contributed by atoms with E-state index in [-0.39, 0.29) is 5.82 Å². The number of hydrogen-bond donors (Lipinski definition) is 1. The van der Waals surface area contributed by atoms with Crippen LogP contribution < -0.4 is 5.32 Å². The molecule has 0 aliphatic carbocycles. The predicted molar refractivity (Wildman–Crippen MR) is 54.8 cm³/mol. The maximum Gasteiger partial charge on any atom is 0.123 e. The zero-order chi connectivity index (χ0) is 10.2. The van der Waals surface area contributed by atoms with Gasteiger partial charge in [0.2, 0.25) is 0 Å². The van der Waals surface area contributed by atoms with Gasteiger partial charge in [0.05, 0.1) is 6.61 Å². The van der Waals surface area contributed by atoms with Crippen LogP contribution in [-0.4, -0.2) is 26.8 Å². The second kappa shape index (κ2) is 6.51. The molecule has 2 nitrogen and oxygen atoms in total. The minimum Gasteiger partial charge on any atom is -0.383 e. The fourth-order valence-corrected chi connectivity index (χ4v) is 1.18. The number of methoxy groups -OCH3 is 1. The first kappa shape index (κ1) is 11.1. The van der Waals surface area contributed by atoms with E-state index in [2.05, 4.69) is 5.32 Å². The van der Waals surface area contributed by atoms with Crippen molar-refractivity contribution in [2.24, 2.45) is 0 Å². The van der Waals surface area contributed by atoms with Crippen LogP contribution in [0.4, 0.5) is 4.39 Å². The van der Waals surface area contributed by atoms with E-state index in [4.69, 9.17) is 4.74 Å². The Morgan fingerprint density at radius 2 is 1.93 bits per heavy atom. The number of ether oxygens (including phenoxy) is 1. The smallest absolute Gasteiger partial charge is 0.123 e. The fraction of sp³-hybridized carbons (Fsp3) is 0.455. The molecule has 0 amide bonds. The van der Waals surface area contributed by atoms with Gasteiger partial charge in [0, 0.05) is 13.7 Å². The molecule has 0 atom stereocenters. The van der Waals surface area contributed by atoms with Gasteiger partial charge in [-0.2, -0.15) is 0 Å². The first-order valence-electron chi connectivity index (χ1n) is 4.77. The van der Waals surface area contributed by atoms with E-state index in [0.717, 1.165) is 31.7 Å². The molecule has 14 heavy (non-hydrogen) atoms. The lowest BCUT2D eigenvalue weighted by molar-refractivity contribution is 0.199. The minimum atomic E-state index is -0.180. The summed E-state index contributed by atoms with van der Waals surface area (Å²) in [6, 6.07) is 6.61. The number of benzene rings is 1. The summed E-state index contributed by atoms with van der Waals surface area (Å²) in [7, 11) is 1.68. The van der Waals surface area contributed by atoms with E-state index in [9.17, 15) is 4.39 Å². The van der Waals surface area contributed by atoms with Gasteiger partial charge in [-0.3, -0.25) is 0 Å². The molecule has 1 rings (SSSR count). The van der Waals surface area contributed by atoms with Crippen molar-refractivity contribution in [3.05, 3.63) is 35.6 Å². The standard InChI is InChI=1S/C11H16FNO/c1-14-9-8-13-7-6-10-2-4-11(12)5-3-10/h2-5,13H,6-9H2,1H3. The number of nitrogens with one attached hydrogen (secondary N) is 1. The van der Waals surface area contributed by atoms with Crippen molar-refractivity contribution in [2.75, 3.05) is 26.8 Å². The summed E-state index contributed by atoms with van der Waals surface area (Å²) < 4.78 is 17.4. The second-order valence-electron chi connectivity index (χ2n) is 3.12. The van der Waals surface area contributed by atoms with Crippen molar-refractivity contribution >= 4 is 0 Å². The number of hydrogen-bond acceptors (Lipinski definition) is 2. The van der Waals surface area contributed by atoms with E-state index in [0.29, 0.717) is 0 Å². The highest BCUT2D eigenvalue weighted by molar-refractivity contribution is 5.16. The third-order valence-electron chi connectivity index (χ3n) is 1.99. The highest BCUT2D eigenvalue weighted by Crippen LogP contribution is 2.02.